The van der Waals surface area contributed by atoms with Crippen molar-refractivity contribution >= 4 is 9.84 Å². The maximum Gasteiger partial charge on any atom is 0.189 e. The van der Waals surface area contributed by atoms with Crippen molar-refractivity contribution in [3.05, 3.63) is 48.5 Å². The van der Waals surface area contributed by atoms with E-state index in [0.717, 1.165) is 0 Å². The summed E-state index contributed by atoms with van der Waals surface area (Å²) in [6.45, 7) is 0. The second-order valence-corrected chi connectivity index (χ2v) is 6.11. The van der Waals surface area contributed by atoms with Crippen LogP contribution in [0.15, 0.2) is 53.4 Å². The highest BCUT2D eigenvalue weighted by Gasteiger charge is 2.08. The minimum Gasteiger partial charge on any atom is -0.453 e. The van der Waals surface area contributed by atoms with Gasteiger partial charge in [0.2, 0.25) is 0 Å². The van der Waals surface area contributed by atoms with E-state index in [4.69, 9.17) is 9.57 Å². The Morgan fingerprint density at radius 3 is 2.10 bits per heavy atom. The molecule has 0 amide bonds. The number of rotatable bonds is 5. The van der Waals surface area contributed by atoms with Crippen LogP contribution in [0.25, 0.3) is 0 Å². The Morgan fingerprint density at radius 2 is 1.55 bits per heavy atom. The molecule has 0 bridgehead atoms. The molecule has 0 saturated heterocycles. The van der Waals surface area contributed by atoms with Crippen molar-refractivity contribution in [1.29, 1.82) is 0 Å². The van der Waals surface area contributed by atoms with Crippen LogP contribution >= 0.6 is 0 Å². The molecular weight excluding hydrogens is 278 g/mol. The first-order valence-corrected chi connectivity index (χ1v) is 7.80. The summed E-state index contributed by atoms with van der Waals surface area (Å²) in [7, 11) is -1.55. The molecule has 0 atom stereocenters. The third-order valence-corrected chi connectivity index (χ3v) is 3.67. The predicted octanol–water partition coefficient (Wildman–Crippen LogP) is 2.40. The number of hydrogen-bond acceptors (Lipinski definition) is 5. The van der Waals surface area contributed by atoms with Crippen LogP contribution in [0.3, 0.4) is 0 Å². The van der Waals surface area contributed by atoms with Crippen LogP contribution in [0.5, 0.6) is 17.2 Å². The Kier molecular flexibility index (Phi) is 4.26. The molecule has 2 rings (SSSR count). The van der Waals surface area contributed by atoms with Gasteiger partial charge in [-0.3, -0.25) is 0 Å². The van der Waals surface area contributed by atoms with Gasteiger partial charge in [-0.05, 0) is 36.4 Å². The summed E-state index contributed by atoms with van der Waals surface area (Å²) in [5.74, 6) is 1.61. The van der Waals surface area contributed by atoms with E-state index in [1.807, 2.05) is 12.1 Å². The number of para-hydroxylation sites is 2. The molecule has 0 fully saturated rings. The lowest BCUT2D eigenvalue weighted by atomic mass is 10.3. The first-order valence-electron chi connectivity index (χ1n) is 5.91. The average Bonchev–Trinajstić information content (AvgIpc) is 2.41. The lowest BCUT2D eigenvalue weighted by Crippen LogP contribution is -2.11. The van der Waals surface area contributed by atoms with Crippen LogP contribution in [0.2, 0.25) is 0 Å². The monoisotopic (exact) mass is 293 g/mol. The normalized spacial score (nSPS) is 11.1. The third kappa shape index (κ3) is 3.49. The Hall–Kier alpha value is -2.05. The molecule has 0 saturated carbocycles. The van der Waals surface area contributed by atoms with Crippen molar-refractivity contribution in [3.63, 3.8) is 0 Å². The quantitative estimate of drug-likeness (QED) is 0.858. The molecule has 1 N–H and O–H groups in total. The van der Waals surface area contributed by atoms with E-state index >= 15 is 0 Å². The fourth-order valence-electron chi connectivity index (χ4n) is 1.61. The highest BCUT2D eigenvalue weighted by molar-refractivity contribution is 7.90. The molecule has 0 spiro atoms. The van der Waals surface area contributed by atoms with E-state index in [0.29, 0.717) is 17.2 Å². The Balaban J connectivity index is 2.22. The molecule has 0 aliphatic heterocycles. The topological polar surface area (TPSA) is 64.6 Å². The van der Waals surface area contributed by atoms with Gasteiger partial charge in [0.1, 0.15) is 5.75 Å². The maximum atomic E-state index is 11.4. The summed E-state index contributed by atoms with van der Waals surface area (Å²) in [6, 6.07) is 13.4. The minimum absolute atomic E-state index is 0.254. The molecule has 0 aliphatic carbocycles. The minimum atomic E-state index is -3.20. The predicted molar refractivity (Wildman–Crippen MR) is 75.8 cm³/mol. The van der Waals surface area contributed by atoms with Gasteiger partial charge in [0, 0.05) is 13.3 Å². The van der Waals surface area contributed by atoms with Gasteiger partial charge in [-0.2, -0.15) is 5.48 Å². The number of hydroxylamine groups is 1. The summed E-state index contributed by atoms with van der Waals surface area (Å²) < 4.78 is 28.4. The van der Waals surface area contributed by atoms with E-state index in [1.54, 1.807) is 31.3 Å². The zero-order chi connectivity index (χ0) is 14.6. The van der Waals surface area contributed by atoms with Gasteiger partial charge in [-0.1, -0.05) is 12.1 Å². The molecular formula is C14H15NO4S. The third-order valence-electron chi connectivity index (χ3n) is 2.54. The van der Waals surface area contributed by atoms with Crippen LogP contribution in [0.1, 0.15) is 0 Å². The number of sulfone groups is 1. The van der Waals surface area contributed by atoms with Gasteiger partial charge < -0.3 is 9.57 Å². The molecule has 0 aromatic heterocycles. The molecule has 2 aromatic carbocycles. The van der Waals surface area contributed by atoms with Crippen molar-refractivity contribution in [1.82, 2.24) is 5.48 Å². The highest BCUT2D eigenvalue weighted by atomic mass is 32.2. The van der Waals surface area contributed by atoms with Crippen molar-refractivity contribution < 1.29 is 18.0 Å². The van der Waals surface area contributed by atoms with Crippen molar-refractivity contribution in [2.24, 2.45) is 0 Å². The van der Waals surface area contributed by atoms with Crippen LogP contribution in [-0.2, 0) is 9.84 Å². The number of nitrogens with one attached hydrogen (secondary N) is 1. The van der Waals surface area contributed by atoms with Gasteiger partial charge in [0.25, 0.3) is 0 Å². The summed E-state index contributed by atoms with van der Waals surface area (Å²) in [5.41, 5.74) is 2.58. The largest absolute Gasteiger partial charge is 0.453 e. The number of ether oxygens (including phenoxy) is 1. The SMILES string of the molecule is CNOc1ccccc1Oc1ccc(S(C)(=O)=O)cc1. The van der Waals surface area contributed by atoms with E-state index in [-0.39, 0.29) is 4.90 Å². The second-order valence-electron chi connectivity index (χ2n) is 4.10. The van der Waals surface area contributed by atoms with E-state index < -0.39 is 9.84 Å². The summed E-state index contributed by atoms with van der Waals surface area (Å²) in [6.07, 6.45) is 1.17. The first kappa shape index (κ1) is 14.4. The van der Waals surface area contributed by atoms with Gasteiger partial charge in [-0.25, -0.2) is 8.42 Å². The Morgan fingerprint density at radius 1 is 0.950 bits per heavy atom. The molecule has 5 nitrogen and oxygen atoms in total. The molecule has 6 heteroatoms. The van der Waals surface area contributed by atoms with Crippen LogP contribution in [0.4, 0.5) is 0 Å². The van der Waals surface area contributed by atoms with Crippen LogP contribution in [-0.4, -0.2) is 21.7 Å². The highest BCUT2D eigenvalue weighted by Crippen LogP contribution is 2.31. The van der Waals surface area contributed by atoms with Crippen molar-refractivity contribution in [2.75, 3.05) is 13.3 Å². The van der Waals surface area contributed by atoms with Gasteiger partial charge in [0.15, 0.2) is 21.3 Å². The van der Waals surface area contributed by atoms with E-state index in [2.05, 4.69) is 5.48 Å². The zero-order valence-corrected chi connectivity index (χ0v) is 12.0. The molecule has 106 valence electrons. The molecule has 0 heterocycles. The summed E-state index contributed by atoms with van der Waals surface area (Å²) in [5, 5.41) is 0. The fourth-order valence-corrected chi connectivity index (χ4v) is 2.24. The van der Waals surface area contributed by atoms with E-state index in [9.17, 15) is 8.42 Å². The fraction of sp³-hybridized carbons (Fsp3) is 0.143. The Labute approximate surface area is 118 Å². The zero-order valence-electron chi connectivity index (χ0n) is 11.2. The molecule has 0 aliphatic rings. The van der Waals surface area contributed by atoms with Crippen LogP contribution in [0, 0.1) is 0 Å². The smallest absolute Gasteiger partial charge is 0.189 e. The molecule has 2 aromatic rings. The number of hydrogen-bond donors (Lipinski definition) is 1. The lowest BCUT2D eigenvalue weighted by molar-refractivity contribution is 0.215. The summed E-state index contributed by atoms with van der Waals surface area (Å²) >= 11 is 0. The molecule has 20 heavy (non-hydrogen) atoms. The van der Waals surface area contributed by atoms with Crippen molar-refractivity contribution in [2.45, 2.75) is 4.90 Å². The first-order chi connectivity index (χ1) is 9.50. The standard InChI is InChI=1S/C14H15NO4S/c1-15-19-14-6-4-3-5-13(14)18-11-7-9-12(10-8-11)20(2,16)17/h3-10,15H,1-2H3. The van der Waals surface area contributed by atoms with Gasteiger partial charge in [0.05, 0.1) is 4.90 Å². The Bertz CT molecular complexity index is 681. The second kappa shape index (κ2) is 5.94. The maximum absolute atomic E-state index is 11.4. The van der Waals surface area contributed by atoms with E-state index in [1.165, 1.54) is 18.4 Å². The summed E-state index contributed by atoms with van der Waals surface area (Å²) in [4.78, 5) is 5.47. The molecule has 0 radical (unpaired) electrons. The molecule has 0 unspecified atom stereocenters. The van der Waals surface area contributed by atoms with Crippen molar-refractivity contribution in [3.8, 4) is 17.2 Å². The average molecular weight is 293 g/mol. The lowest BCUT2D eigenvalue weighted by Gasteiger charge is -2.11. The van der Waals surface area contributed by atoms with Gasteiger partial charge in [-0.15, -0.1) is 0 Å². The number of benzene rings is 2. The van der Waals surface area contributed by atoms with Gasteiger partial charge >= 0.3 is 0 Å². The van der Waals surface area contributed by atoms with Crippen LogP contribution < -0.4 is 15.1 Å².